The van der Waals surface area contributed by atoms with Crippen molar-refractivity contribution in [2.75, 3.05) is 32.1 Å². The van der Waals surface area contributed by atoms with Crippen LogP contribution < -0.4 is 5.32 Å². The molecule has 0 radical (unpaired) electrons. The van der Waals surface area contributed by atoms with Crippen molar-refractivity contribution in [1.82, 2.24) is 4.90 Å². The molecule has 0 aliphatic carbocycles. The van der Waals surface area contributed by atoms with Crippen molar-refractivity contribution in [3.05, 3.63) is 30.1 Å². The Morgan fingerprint density at radius 1 is 1.48 bits per heavy atom. The van der Waals surface area contributed by atoms with Gasteiger partial charge in [-0.05, 0) is 37.6 Å². The van der Waals surface area contributed by atoms with Crippen molar-refractivity contribution < 1.29 is 18.7 Å². The second-order valence-corrected chi connectivity index (χ2v) is 5.16. The second-order valence-electron chi connectivity index (χ2n) is 5.16. The van der Waals surface area contributed by atoms with E-state index in [-0.39, 0.29) is 24.3 Å². The molecule has 1 aliphatic rings. The summed E-state index contributed by atoms with van der Waals surface area (Å²) in [7, 11) is 1.37. The van der Waals surface area contributed by atoms with Crippen molar-refractivity contribution >= 4 is 17.6 Å². The molecular weight excluding hydrogens is 275 g/mol. The predicted molar refractivity (Wildman–Crippen MR) is 76.2 cm³/mol. The summed E-state index contributed by atoms with van der Waals surface area (Å²) >= 11 is 0. The highest BCUT2D eigenvalue weighted by molar-refractivity contribution is 5.92. The van der Waals surface area contributed by atoms with Gasteiger partial charge in [0, 0.05) is 12.2 Å². The number of benzene rings is 1. The van der Waals surface area contributed by atoms with E-state index in [1.54, 1.807) is 12.1 Å². The molecule has 0 spiro atoms. The summed E-state index contributed by atoms with van der Waals surface area (Å²) < 4.78 is 17.8. The quantitative estimate of drug-likeness (QED) is 0.858. The van der Waals surface area contributed by atoms with Gasteiger partial charge in [0.2, 0.25) is 5.91 Å². The predicted octanol–water partition coefficient (Wildman–Crippen LogP) is 1.65. The van der Waals surface area contributed by atoms with Crippen LogP contribution in [0.4, 0.5) is 10.1 Å². The third kappa shape index (κ3) is 4.53. The largest absolute Gasteiger partial charge is 0.469 e. The SMILES string of the molecule is COC(=O)[C@H]1CCCN(CC(=O)Nc2cccc(F)c2)C1. The summed E-state index contributed by atoms with van der Waals surface area (Å²) in [6.45, 7) is 1.47. The number of halogens is 1. The van der Waals surface area contributed by atoms with E-state index in [9.17, 15) is 14.0 Å². The average Bonchev–Trinajstić information content (AvgIpc) is 2.46. The van der Waals surface area contributed by atoms with Crippen LogP contribution in [0.15, 0.2) is 24.3 Å². The maximum absolute atomic E-state index is 13.0. The van der Waals surface area contributed by atoms with Crippen molar-refractivity contribution in [3.63, 3.8) is 0 Å². The van der Waals surface area contributed by atoms with Gasteiger partial charge in [-0.3, -0.25) is 14.5 Å². The van der Waals surface area contributed by atoms with E-state index in [1.807, 2.05) is 4.90 Å². The van der Waals surface area contributed by atoms with Crippen LogP contribution in [0.2, 0.25) is 0 Å². The Hall–Kier alpha value is -1.95. The molecule has 0 saturated carbocycles. The summed E-state index contributed by atoms with van der Waals surface area (Å²) in [5.41, 5.74) is 0.432. The normalized spacial score (nSPS) is 19.0. The first-order chi connectivity index (χ1) is 10.1. The Morgan fingerprint density at radius 3 is 3.00 bits per heavy atom. The number of nitrogens with zero attached hydrogens (tertiary/aromatic N) is 1. The highest BCUT2D eigenvalue weighted by atomic mass is 19.1. The van der Waals surface area contributed by atoms with E-state index in [0.29, 0.717) is 12.2 Å². The number of ether oxygens (including phenoxy) is 1. The molecule has 1 saturated heterocycles. The van der Waals surface area contributed by atoms with Gasteiger partial charge in [0.25, 0.3) is 0 Å². The molecule has 6 heteroatoms. The summed E-state index contributed by atoms with van der Waals surface area (Å²) in [6.07, 6.45) is 1.64. The van der Waals surface area contributed by atoms with Gasteiger partial charge in [0.15, 0.2) is 0 Å². The lowest BCUT2D eigenvalue weighted by Crippen LogP contribution is -2.42. The molecule has 1 aliphatic heterocycles. The fourth-order valence-electron chi connectivity index (χ4n) is 2.53. The highest BCUT2D eigenvalue weighted by Crippen LogP contribution is 2.17. The minimum absolute atomic E-state index is 0.175. The molecule has 1 amide bonds. The molecule has 114 valence electrons. The fraction of sp³-hybridized carbons (Fsp3) is 0.467. The Kier molecular flexibility index (Phi) is 5.27. The molecule has 0 bridgehead atoms. The topological polar surface area (TPSA) is 58.6 Å². The first-order valence-electron chi connectivity index (χ1n) is 6.94. The van der Waals surface area contributed by atoms with Gasteiger partial charge in [0.1, 0.15) is 5.82 Å². The van der Waals surface area contributed by atoms with Crippen molar-refractivity contribution in [2.24, 2.45) is 5.92 Å². The van der Waals surface area contributed by atoms with Gasteiger partial charge in [-0.15, -0.1) is 0 Å². The second kappa shape index (κ2) is 7.17. The minimum Gasteiger partial charge on any atom is -0.469 e. The first kappa shape index (κ1) is 15.4. The smallest absolute Gasteiger partial charge is 0.309 e. The summed E-state index contributed by atoms with van der Waals surface area (Å²) in [5.74, 6) is -1.02. The molecule has 1 aromatic rings. The number of rotatable bonds is 4. The minimum atomic E-state index is -0.392. The molecule has 1 heterocycles. The number of amides is 1. The molecule has 0 aromatic heterocycles. The number of hydrogen-bond acceptors (Lipinski definition) is 4. The molecule has 2 rings (SSSR count). The van der Waals surface area contributed by atoms with Crippen LogP contribution in [0, 0.1) is 11.7 Å². The molecular formula is C15H19FN2O3. The standard InChI is InChI=1S/C15H19FN2O3/c1-21-15(20)11-4-3-7-18(9-11)10-14(19)17-13-6-2-5-12(16)8-13/h2,5-6,8,11H,3-4,7,9-10H2,1H3,(H,17,19)/t11-/m0/s1. The number of carbonyl (C=O) groups excluding carboxylic acids is 2. The third-order valence-electron chi connectivity index (χ3n) is 3.52. The van der Waals surface area contributed by atoms with Crippen LogP contribution in [-0.4, -0.2) is 43.5 Å². The molecule has 5 nitrogen and oxygen atoms in total. The molecule has 0 unspecified atom stereocenters. The molecule has 21 heavy (non-hydrogen) atoms. The zero-order chi connectivity index (χ0) is 15.2. The lowest BCUT2D eigenvalue weighted by Gasteiger charge is -2.30. The van der Waals surface area contributed by atoms with Crippen LogP contribution in [0.25, 0.3) is 0 Å². The highest BCUT2D eigenvalue weighted by Gasteiger charge is 2.27. The lowest BCUT2D eigenvalue weighted by atomic mass is 9.98. The number of anilines is 1. The molecule has 1 N–H and O–H groups in total. The van der Waals surface area contributed by atoms with Crippen LogP contribution in [0.5, 0.6) is 0 Å². The number of methoxy groups -OCH3 is 1. The number of carbonyl (C=O) groups is 2. The van der Waals surface area contributed by atoms with Crippen LogP contribution in [0.1, 0.15) is 12.8 Å². The van der Waals surface area contributed by atoms with E-state index in [2.05, 4.69) is 5.32 Å². The zero-order valence-electron chi connectivity index (χ0n) is 12.0. The van der Waals surface area contributed by atoms with Gasteiger partial charge < -0.3 is 10.1 Å². The number of hydrogen-bond donors (Lipinski definition) is 1. The van der Waals surface area contributed by atoms with Crippen LogP contribution >= 0.6 is 0 Å². The average molecular weight is 294 g/mol. The van der Waals surface area contributed by atoms with Crippen LogP contribution in [0.3, 0.4) is 0 Å². The van der Waals surface area contributed by atoms with Gasteiger partial charge in [-0.25, -0.2) is 4.39 Å². The Balaban J connectivity index is 1.86. The van der Waals surface area contributed by atoms with E-state index < -0.39 is 5.82 Å². The number of esters is 1. The van der Waals surface area contributed by atoms with E-state index >= 15 is 0 Å². The van der Waals surface area contributed by atoms with Gasteiger partial charge in [-0.2, -0.15) is 0 Å². The molecule has 1 atom stereocenters. The van der Waals surface area contributed by atoms with E-state index in [4.69, 9.17) is 4.74 Å². The summed E-state index contributed by atoms with van der Waals surface area (Å²) in [6, 6.07) is 5.76. The summed E-state index contributed by atoms with van der Waals surface area (Å²) in [5, 5.41) is 2.65. The van der Waals surface area contributed by atoms with Crippen LogP contribution in [-0.2, 0) is 14.3 Å². The first-order valence-corrected chi connectivity index (χ1v) is 6.94. The molecule has 1 aromatic carbocycles. The zero-order valence-corrected chi connectivity index (χ0v) is 12.0. The maximum atomic E-state index is 13.0. The Morgan fingerprint density at radius 2 is 2.29 bits per heavy atom. The van der Waals surface area contributed by atoms with Crippen molar-refractivity contribution in [3.8, 4) is 0 Å². The number of likely N-dealkylation sites (tertiary alicyclic amines) is 1. The van der Waals surface area contributed by atoms with Gasteiger partial charge in [0.05, 0.1) is 19.6 Å². The maximum Gasteiger partial charge on any atom is 0.309 e. The van der Waals surface area contributed by atoms with E-state index in [0.717, 1.165) is 19.4 Å². The monoisotopic (exact) mass is 294 g/mol. The Labute approximate surface area is 123 Å². The number of nitrogens with one attached hydrogen (secondary N) is 1. The molecule has 1 fully saturated rings. The van der Waals surface area contributed by atoms with Gasteiger partial charge >= 0.3 is 5.97 Å². The lowest BCUT2D eigenvalue weighted by molar-refractivity contribution is -0.147. The fourth-order valence-corrected chi connectivity index (χ4v) is 2.53. The van der Waals surface area contributed by atoms with Crippen molar-refractivity contribution in [2.45, 2.75) is 12.8 Å². The van der Waals surface area contributed by atoms with Gasteiger partial charge in [-0.1, -0.05) is 6.07 Å². The third-order valence-corrected chi connectivity index (χ3v) is 3.52. The number of piperidine rings is 1. The van der Waals surface area contributed by atoms with Crippen molar-refractivity contribution in [1.29, 1.82) is 0 Å². The van der Waals surface area contributed by atoms with E-state index in [1.165, 1.54) is 19.2 Å². The Bertz CT molecular complexity index is 521. The summed E-state index contributed by atoms with van der Waals surface area (Å²) in [4.78, 5) is 25.4.